The van der Waals surface area contributed by atoms with E-state index in [2.05, 4.69) is 0 Å². The fraction of sp³-hybridized carbons (Fsp3) is 0.562. The van der Waals surface area contributed by atoms with Crippen LogP contribution in [-0.2, 0) is 0 Å². The van der Waals surface area contributed by atoms with Gasteiger partial charge in [0.1, 0.15) is 0 Å². The number of piperidine rings is 1. The summed E-state index contributed by atoms with van der Waals surface area (Å²) in [7, 11) is 0. The summed E-state index contributed by atoms with van der Waals surface area (Å²) in [6, 6.07) is 7.40. The maximum Gasteiger partial charge on any atom is 0.255 e. The molecule has 1 aliphatic heterocycles. The third kappa shape index (κ3) is 2.46. The number of fused-ring (bicyclic) bond motifs is 1. The lowest BCUT2D eigenvalue weighted by atomic mass is 9.75. The second kappa shape index (κ2) is 5.24. The average Bonchev–Trinajstić information content (AvgIpc) is 2.46. The molecule has 19 heavy (non-hydrogen) atoms. The molecule has 3 nitrogen and oxygen atoms in total. The van der Waals surface area contributed by atoms with Crippen molar-refractivity contribution in [3.8, 4) is 0 Å². The first-order chi connectivity index (χ1) is 9.25. The molecule has 3 rings (SSSR count). The standard InChI is InChI=1S/C16H22N2O/c17-15-8-4-3-7-14(15)16(19)18-10-9-12-5-1-2-6-13(12)11-18/h3-4,7-8,12-13H,1-2,5-6,9-11,17H2/t12-,13-/m1/s1. The lowest BCUT2D eigenvalue weighted by molar-refractivity contribution is 0.0522. The summed E-state index contributed by atoms with van der Waals surface area (Å²) < 4.78 is 0. The van der Waals surface area contributed by atoms with Crippen molar-refractivity contribution in [3.63, 3.8) is 0 Å². The van der Waals surface area contributed by atoms with E-state index in [0.717, 1.165) is 24.9 Å². The van der Waals surface area contributed by atoms with Crippen LogP contribution in [0.1, 0.15) is 42.5 Å². The first-order valence-electron chi connectivity index (χ1n) is 7.39. The normalized spacial score (nSPS) is 26.8. The molecule has 1 aliphatic carbocycles. The lowest BCUT2D eigenvalue weighted by Gasteiger charge is -2.41. The van der Waals surface area contributed by atoms with Crippen LogP contribution in [0.3, 0.4) is 0 Å². The summed E-state index contributed by atoms with van der Waals surface area (Å²) in [6.45, 7) is 1.83. The van der Waals surface area contributed by atoms with Gasteiger partial charge in [-0.3, -0.25) is 4.79 Å². The number of amides is 1. The average molecular weight is 258 g/mol. The van der Waals surface area contributed by atoms with Gasteiger partial charge in [0.05, 0.1) is 5.56 Å². The predicted molar refractivity (Wildman–Crippen MR) is 76.8 cm³/mol. The van der Waals surface area contributed by atoms with E-state index in [1.165, 1.54) is 32.1 Å². The van der Waals surface area contributed by atoms with E-state index < -0.39 is 0 Å². The fourth-order valence-electron chi connectivity index (χ4n) is 3.65. The molecule has 1 aromatic rings. The Morgan fingerprint density at radius 1 is 1.11 bits per heavy atom. The molecular formula is C16H22N2O. The Hall–Kier alpha value is -1.51. The molecular weight excluding hydrogens is 236 g/mol. The number of nitrogens with zero attached hydrogens (tertiary/aromatic N) is 1. The Morgan fingerprint density at radius 2 is 1.84 bits per heavy atom. The minimum absolute atomic E-state index is 0.113. The van der Waals surface area contributed by atoms with E-state index in [9.17, 15) is 4.79 Å². The number of rotatable bonds is 1. The molecule has 0 aromatic heterocycles. The van der Waals surface area contributed by atoms with Crippen LogP contribution in [0.4, 0.5) is 5.69 Å². The van der Waals surface area contributed by atoms with Gasteiger partial charge in [0.2, 0.25) is 0 Å². The summed E-state index contributed by atoms with van der Waals surface area (Å²) in [4.78, 5) is 14.6. The quantitative estimate of drug-likeness (QED) is 0.787. The number of likely N-dealkylation sites (tertiary alicyclic amines) is 1. The van der Waals surface area contributed by atoms with Gasteiger partial charge in [-0.1, -0.05) is 31.4 Å². The number of anilines is 1. The largest absolute Gasteiger partial charge is 0.398 e. The third-order valence-electron chi connectivity index (χ3n) is 4.77. The number of para-hydroxylation sites is 1. The third-order valence-corrected chi connectivity index (χ3v) is 4.77. The first-order valence-corrected chi connectivity index (χ1v) is 7.39. The van der Waals surface area contributed by atoms with Crippen molar-refractivity contribution >= 4 is 11.6 Å². The zero-order chi connectivity index (χ0) is 13.2. The Bertz CT molecular complexity index is 472. The van der Waals surface area contributed by atoms with Crippen LogP contribution in [0.15, 0.2) is 24.3 Å². The summed E-state index contributed by atoms with van der Waals surface area (Å²) >= 11 is 0. The van der Waals surface area contributed by atoms with Crippen LogP contribution >= 0.6 is 0 Å². The Balaban J connectivity index is 1.73. The van der Waals surface area contributed by atoms with Crippen LogP contribution in [-0.4, -0.2) is 23.9 Å². The Morgan fingerprint density at radius 3 is 2.63 bits per heavy atom. The van der Waals surface area contributed by atoms with Gasteiger partial charge < -0.3 is 10.6 Å². The van der Waals surface area contributed by atoms with Crippen LogP contribution in [0, 0.1) is 11.8 Å². The van der Waals surface area contributed by atoms with Crippen LogP contribution in [0.25, 0.3) is 0 Å². The molecule has 1 amide bonds. The summed E-state index contributed by atoms with van der Waals surface area (Å²) in [5, 5.41) is 0. The van der Waals surface area contributed by atoms with Gasteiger partial charge in [-0.15, -0.1) is 0 Å². The second-order valence-corrected chi connectivity index (χ2v) is 5.93. The number of carbonyl (C=O) groups is 1. The Labute approximate surface area is 114 Å². The molecule has 102 valence electrons. The highest BCUT2D eigenvalue weighted by Crippen LogP contribution is 2.36. The van der Waals surface area contributed by atoms with E-state index in [-0.39, 0.29) is 5.91 Å². The molecule has 1 aromatic carbocycles. The minimum atomic E-state index is 0.113. The number of carbonyl (C=O) groups excluding carboxylic acids is 1. The van der Waals surface area contributed by atoms with Gasteiger partial charge in [-0.25, -0.2) is 0 Å². The molecule has 0 bridgehead atoms. The minimum Gasteiger partial charge on any atom is -0.398 e. The highest BCUT2D eigenvalue weighted by atomic mass is 16.2. The highest BCUT2D eigenvalue weighted by molar-refractivity contribution is 5.99. The van der Waals surface area contributed by atoms with Crippen molar-refractivity contribution in [2.24, 2.45) is 11.8 Å². The van der Waals surface area contributed by atoms with Crippen molar-refractivity contribution in [2.75, 3.05) is 18.8 Å². The molecule has 1 saturated carbocycles. The van der Waals surface area contributed by atoms with E-state index in [4.69, 9.17) is 5.73 Å². The van der Waals surface area contributed by atoms with Crippen molar-refractivity contribution in [3.05, 3.63) is 29.8 Å². The number of nitrogen functional groups attached to an aromatic ring is 1. The number of hydrogen-bond donors (Lipinski definition) is 1. The zero-order valence-corrected chi connectivity index (χ0v) is 11.3. The maximum atomic E-state index is 12.5. The molecule has 2 atom stereocenters. The van der Waals surface area contributed by atoms with Crippen LogP contribution < -0.4 is 5.73 Å². The van der Waals surface area contributed by atoms with Crippen molar-refractivity contribution in [1.29, 1.82) is 0 Å². The molecule has 0 radical (unpaired) electrons. The van der Waals surface area contributed by atoms with Gasteiger partial charge in [0, 0.05) is 18.8 Å². The summed E-state index contributed by atoms with van der Waals surface area (Å²) in [5.74, 6) is 1.68. The SMILES string of the molecule is Nc1ccccc1C(=O)N1CC[C@H]2CCCC[C@@H]2C1. The van der Waals surface area contributed by atoms with E-state index in [1.807, 2.05) is 23.1 Å². The Kier molecular flexibility index (Phi) is 3.45. The van der Waals surface area contributed by atoms with E-state index in [0.29, 0.717) is 11.3 Å². The lowest BCUT2D eigenvalue weighted by Crippen LogP contribution is -2.44. The number of hydrogen-bond acceptors (Lipinski definition) is 2. The molecule has 2 N–H and O–H groups in total. The van der Waals surface area contributed by atoms with Crippen LogP contribution in [0.2, 0.25) is 0 Å². The fourth-order valence-corrected chi connectivity index (χ4v) is 3.65. The van der Waals surface area contributed by atoms with Gasteiger partial charge >= 0.3 is 0 Å². The van der Waals surface area contributed by atoms with E-state index >= 15 is 0 Å². The molecule has 0 unspecified atom stereocenters. The molecule has 2 fully saturated rings. The van der Waals surface area contributed by atoms with E-state index in [1.54, 1.807) is 6.07 Å². The van der Waals surface area contributed by atoms with Gasteiger partial charge in [0.15, 0.2) is 0 Å². The molecule has 1 heterocycles. The van der Waals surface area contributed by atoms with Crippen molar-refractivity contribution in [2.45, 2.75) is 32.1 Å². The summed E-state index contributed by atoms with van der Waals surface area (Å²) in [6.07, 6.45) is 6.53. The van der Waals surface area contributed by atoms with Gasteiger partial charge in [0.25, 0.3) is 5.91 Å². The van der Waals surface area contributed by atoms with Gasteiger partial charge in [-0.2, -0.15) is 0 Å². The summed E-state index contributed by atoms with van der Waals surface area (Å²) in [5.41, 5.74) is 7.17. The maximum absolute atomic E-state index is 12.5. The molecule has 2 aliphatic rings. The van der Waals surface area contributed by atoms with Crippen LogP contribution in [0.5, 0.6) is 0 Å². The monoisotopic (exact) mass is 258 g/mol. The molecule has 0 spiro atoms. The molecule has 3 heteroatoms. The smallest absolute Gasteiger partial charge is 0.255 e. The van der Waals surface area contributed by atoms with Crippen molar-refractivity contribution < 1.29 is 4.79 Å². The van der Waals surface area contributed by atoms with Gasteiger partial charge in [-0.05, 0) is 36.8 Å². The number of benzene rings is 1. The van der Waals surface area contributed by atoms with Crippen molar-refractivity contribution in [1.82, 2.24) is 4.90 Å². The number of nitrogens with two attached hydrogens (primary N) is 1. The topological polar surface area (TPSA) is 46.3 Å². The highest BCUT2D eigenvalue weighted by Gasteiger charge is 2.33. The first kappa shape index (κ1) is 12.5. The predicted octanol–water partition coefficient (Wildman–Crippen LogP) is 2.92. The second-order valence-electron chi connectivity index (χ2n) is 5.93. The molecule has 1 saturated heterocycles. The zero-order valence-electron chi connectivity index (χ0n) is 11.3.